The molecule has 54 valence electrons. The number of quaternary nitrogens is 1. The molecule has 3 heteroatoms. The summed E-state index contributed by atoms with van der Waals surface area (Å²) in [4.78, 5) is 0. The maximum Gasteiger partial charge on any atom is 0.197 e. The van der Waals surface area contributed by atoms with Crippen molar-refractivity contribution in [2.45, 2.75) is 6.92 Å². The first-order valence-corrected chi connectivity index (χ1v) is 3.02. The van der Waals surface area contributed by atoms with E-state index in [1.165, 1.54) is 0 Å². The molecule has 1 rings (SSSR count). The molecule has 0 aliphatic rings. The van der Waals surface area contributed by atoms with Crippen molar-refractivity contribution in [1.29, 1.82) is 0 Å². The van der Waals surface area contributed by atoms with Gasteiger partial charge in [0.15, 0.2) is 5.69 Å². The lowest BCUT2D eigenvalue weighted by molar-refractivity contribution is -1.19. The Morgan fingerprint density at radius 2 is 1.60 bits per heavy atom. The van der Waals surface area contributed by atoms with Crippen molar-refractivity contribution in [3.63, 3.8) is 0 Å². The van der Waals surface area contributed by atoms with Crippen LogP contribution in [0.4, 0.5) is 5.69 Å². The zero-order chi connectivity index (χ0) is 7.56. The minimum Gasteiger partial charge on any atom is -0.178 e. The average molecular weight is 140 g/mol. The molecule has 1 aromatic carbocycles. The van der Waals surface area contributed by atoms with Gasteiger partial charge in [-0.2, -0.15) is 10.4 Å². The largest absolute Gasteiger partial charge is 0.197 e. The fourth-order valence-electron chi connectivity index (χ4n) is 0.703. The Balaban J connectivity index is 2.89. The van der Waals surface area contributed by atoms with E-state index in [9.17, 15) is 0 Å². The molecule has 10 heavy (non-hydrogen) atoms. The van der Waals surface area contributed by atoms with Crippen LogP contribution >= 0.6 is 0 Å². The molecule has 1 aromatic rings. The monoisotopic (exact) mass is 140 g/mol. The Morgan fingerprint density at radius 1 is 1.10 bits per heavy atom. The highest BCUT2D eigenvalue weighted by atomic mass is 16.8. The molecule has 3 nitrogen and oxygen atoms in total. The van der Waals surface area contributed by atoms with E-state index in [0.717, 1.165) is 5.56 Å². The molecule has 0 heterocycles. The number of hydrogen-bond acceptors (Lipinski definition) is 2. The van der Waals surface area contributed by atoms with Crippen LogP contribution in [-0.2, 0) is 0 Å². The van der Waals surface area contributed by atoms with Crippen LogP contribution < -0.4 is 5.23 Å². The summed E-state index contributed by atoms with van der Waals surface area (Å²) in [5.41, 5.74) is 1.55. The van der Waals surface area contributed by atoms with Crippen LogP contribution in [0, 0.1) is 6.92 Å². The summed E-state index contributed by atoms with van der Waals surface area (Å²) in [6.45, 7) is 1.94. The van der Waals surface area contributed by atoms with Crippen LogP contribution in [0.5, 0.6) is 0 Å². The minimum absolute atomic E-state index is 0.450. The van der Waals surface area contributed by atoms with Gasteiger partial charge in [-0.3, -0.25) is 0 Å². The van der Waals surface area contributed by atoms with Crippen LogP contribution in [0.15, 0.2) is 24.3 Å². The van der Waals surface area contributed by atoms with E-state index in [0.29, 0.717) is 5.69 Å². The van der Waals surface area contributed by atoms with E-state index in [1.54, 1.807) is 12.1 Å². The molecule has 0 aromatic heterocycles. The second kappa shape index (κ2) is 2.79. The van der Waals surface area contributed by atoms with Crippen molar-refractivity contribution >= 4 is 5.69 Å². The van der Waals surface area contributed by atoms with Crippen molar-refractivity contribution in [2.24, 2.45) is 0 Å². The molecule has 0 saturated heterocycles. The second-order valence-electron chi connectivity index (χ2n) is 2.19. The average Bonchev–Trinajstić information content (AvgIpc) is 1.88. The number of nitrogens with one attached hydrogen (secondary N) is 1. The molecule has 0 amide bonds. The summed E-state index contributed by atoms with van der Waals surface area (Å²) < 4.78 is 0. The highest BCUT2D eigenvalue weighted by Gasteiger charge is 2.01. The number of hydrogen-bond donors (Lipinski definition) is 3. The van der Waals surface area contributed by atoms with Gasteiger partial charge in [-0.15, -0.1) is 0 Å². The maximum absolute atomic E-state index is 8.59. The van der Waals surface area contributed by atoms with E-state index in [4.69, 9.17) is 10.4 Å². The molecule has 0 bridgehead atoms. The third-order valence-corrected chi connectivity index (χ3v) is 1.31. The predicted octanol–water partition coefficient (Wildman–Crippen LogP) is 0.290. The highest BCUT2D eigenvalue weighted by Crippen LogP contribution is 2.02. The third-order valence-electron chi connectivity index (χ3n) is 1.31. The Kier molecular flexibility index (Phi) is 2.01. The fraction of sp³-hybridized carbons (Fsp3) is 0.143. The first kappa shape index (κ1) is 7.21. The SMILES string of the molecule is Cc1ccc([NH+](O)O)cc1. The van der Waals surface area contributed by atoms with Gasteiger partial charge in [-0.25, -0.2) is 0 Å². The standard InChI is InChI=1S/C7H9NO2/c1-6-2-4-7(5-3-6)8(9)10/h2-5,9-10H,1H3/p+1. The summed E-state index contributed by atoms with van der Waals surface area (Å²) in [5.74, 6) is 0. The topological polar surface area (TPSA) is 44.9 Å². The molecule has 3 N–H and O–H groups in total. The van der Waals surface area contributed by atoms with Crippen molar-refractivity contribution in [2.75, 3.05) is 0 Å². The van der Waals surface area contributed by atoms with Gasteiger partial charge in [0.25, 0.3) is 0 Å². The Labute approximate surface area is 59.1 Å². The van der Waals surface area contributed by atoms with Crippen LogP contribution in [0.25, 0.3) is 0 Å². The lowest BCUT2D eigenvalue weighted by atomic mass is 10.2. The number of rotatable bonds is 1. The summed E-state index contributed by atoms with van der Waals surface area (Å²) >= 11 is 0. The molecule has 0 fully saturated rings. The van der Waals surface area contributed by atoms with Gasteiger partial charge in [-0.05, 0) is 12.2 Å². The Bertz CT molecular complexity index is 205. The van der Waals surface area contributed by atoms with Gasteiger partial charge < -0.3 is 0 Å². The maximum atomic E-state index is 8.59. The van der Waals surface area contributed by atoms with E-state index >= 15 is 0 Å². The van der Waals surface area contributed by atoms with Crippen LogP contribution in [0.3, 0.4) is 0 Å². The van der Waals surface area contributed by atoms with Crippen LogP contribution in [-0.4, -0.2) is 10.4 Å². The van der Waals surface area contributed by atoms with E-state index in [-0.39, 0.29) is 0 Å². The highest BCUT2D eigenvalue weighted by molar-refractivity contribution is 5.30. The predicted molar refractivity (Wildman–Crippen MR) is 35.4 cm³/mol. The second-order valence-corrected chi connectivity index (χ2v) is 2.19. The van der Waals surface area contributed by atoms with E-state index in [2.05, 4.69) is 0 Å². The van der Waals surface area contributed by atoms with Gasteiger partial charge in [0, 0.05) is 12.1 Å². The number of benzene rings is 1. The zero-order valence-corrected chi connectivity index (χ0v) is 5.70. The minimum atomic E-state index is -0.625. The lowest BCUT2D eigenvalue weighted by Crippen LogP contribution is -3.01. The summed E-state index contributed by atoms with van der Waals surface area (Å²) in [7, 11) is 0. The van der Waals surface area contributed by atoms with Crippen molar-refractivity contribution in [3.05, 3.63) is 29.8 Å². The molecule has 0 aliphatic carbocycles. The quantitative estimate of drug-likeness (QED) is 0.491. The Hall–Kier alpha value is -0.900. The van der Waals surface area contributed by atoms with Crippen LogP contribution in [0.2, 0.25) is 0 Å². The molecular formula is C7H10NO2+. The molecule has 0 aliphatic heterocycles. The fourth-order valence-corrected chi connectivity index (χ4v) is 0.703. The van der Waals surface area contributed by atoms with Gasteiger partial charge in [0.05, 0.1) is 0 Å². The van der Waals surface area contributed by atoms with Crippen LogP contribution in [0.1, 0.15) is 5.56 Å². The van der Waals surface area contributed by atoms with E-state index in [1.807, 2.05) is 19.1 Å². The smallest absolute Gasteiger partial charge is 0.178 e. The van der Waals surface area contributed by atoms with Gasteiger partial charge in [-0.1, -0.05) is 17.7 Å². The molecular weight excluding hydrogens is 130 g/mol. The first-order valence-electron chi connectivity index (χ1n) is 3.02. The Morgan fingerprint density at radius 3 is 2.00 bits per heavy atom. The van der Waals surface area contributed by atoms with Gasteiger partial charge in [0.1, 0.15) is 0 Å². The molecule has 0 radical (unpaired) electrons. The number of aryl methyl sites for hydroxylation is 1. The van der Waals surface area contributed by atoms with E-state index < -0.39 is 5.23 Å². The molecule has 0 unspecified atom stereocenters. The van der Waals surface area contributed by atoms with Gasteiger partial charge in [0.2, 0.25) is 0 Å². The molecule has 0 saturated carbocycles. The van der Waals surface area contributed by atoms with Crippen molar-refractivity contribution in [3.8, 4) is 0 Å². The zero-order valence-electron chi connectivity index (χ0n) is 5.70. The normalized spacial score (nSPS) is 10.4. The first-order chi connectivity index (χ1) is 4.70. The van der Waals surface area contributed by atoms with Gasteiger partial charge >= 0.3 is 0 Å². The molecule has 0 spiro atoms. The molecule has 0 atom stereocenters. The van der Waals surface area contributed by atoms with Crippen molar-refractivity contribution in [1.82, 2.24) is 0 Å². The van der Waals surface area contributed by atoms with Crippen molar-refractivity contribution < 1.29 is 15.6 Å². The summed E-state index contributed by atoms with van der Waals surface area (Å²) in [6.07, 6.45) is 0. The summed E-state index contributed by atoms with van der Waals surface area (Å²) in [5, 5.41) is 16.5. The summed E-state index contributed by atoms with van der Waals surface area (Å²) in [6, 6.07) is 6.96. The lowest BCUT2D eigenvalue weighted by Gasteiger charge is -1.98. The third kappa shape index (κ3) is 1.54.